The highest BCUT2D eigenvalue weighted by Crippen LogP contribution is 2.36. The van der Waals surface area contributed by atoms with Gasteiger partial charge in [0.1, 0.15) is 18.6 Å². The molecule has 7 nitrogen and oxygen atoms in total. The van der Waals surface area contributed by atoms with Gasteiger partial charge < -0.3 is 15.4 Å². The Morgan fingerprint density at radius 1 is 0.975 bits per heavy atom. The zero-order valence-electron chi connectivity index (χ0n) is 22.7. The van der Waals surface area contributed by atoms with Gasteiger partial charge in [0.15, 0.2) is 0 Å². The molecule has 2 amide bonds. The first kappa shape index (κ1) is 27.1. The molecule has 0 radical (unpaired) electrons. The van der Waals surface area contributed by atoms with Gasteiger partial charge >= 0.3 is 0 Å². The average Bonchev–Trinajstić information content (AvgIpc) is 3.26. The molecule has 3 aromatic carbocycles. The third kappa shape index (κ3) is 6.38. The zero-order valence-corrected chi connectivity index (χ0v) is 22.7. The molecule has 1 unspecified atom stereocenters. The number of hydrogen-bond acceptors (Lipinski definition) is 4. The number of amides is 2. The highest BCUT2D eigenvalue weighted by molar-refractivity contribution is 5.95. The van der Waals surface area contributed by atoms with Gasteiger partial charge in [-0.3, -0.25) is 14.2 Å². The maximum absolute atomic E-state index is 12.5. The van der Waals surface area contributed by atoms with Gasteiger partial charge in [-0.05, 0) is 37.8 Å². The van der Waals surface area contributed by atoms with Crippen molar-refractivity contribution in [2.75, 3.05) is 13.2 Å². The van der Waals surface area contributed by atoms with Gasteiger partial charge in [0.2, 0.25) is 11.8 Å². The maximum Gasteiger partial charge on any atom is 0.244 e. The summed E-state index contributed by atoms with van der Waals surface area (Å²) in [6.07, 6.45) is 5.73. The quantitative estimate of drug-likeness (QED) is 0.271. The van der Waals surface area contributed by atoms with Gasteiger partial charge in [0, 0.05) is 35.9 Å². The molecule has 1 aliphatic rings. The molecule has 1 atom stereocenters. The van der Waals surface area contributed by atoms with Crippen LogP contribution in [-0.2, 0) is 21.1 Å². The lowest BCUT2D eigenvalue weighted by Crippen LogP contribution is -2.44. The Labute approximate surface area is 234 Å². The van der Waals surface area contributed by atoms with Gasteiger partial charge in [-0.25, -0.2) is 4.98 Å². The molecule has 1 aliphatic heterocycles. The SMILES string of the molecule is CCOCn1c(-c2ccc(/C=C/C(=O)NC3CCCCNC3=O)cc2)nc(-c2ccccc2)c1-c1ccccc1. The molecule has 1 saturated heterocycles. The van der Waals surface area contributed by atoms with E-state index >= 15 is 0 Å². The molecule has 40 heavy (non-hydrogen) atoms. The van der Waals surface area contributed by atoms with Crippen molar-refractivity contribution in [3.63, 3.8) is 0 Å². The highest BCUT2D eigenvalue weighted by Gasteiger charge is 2.22. The molecule has 0 saturated carbocycles. The van der Waals surface area contributed by atoms with Crippen LogP contribution >= 0.6 is 0 Å². The predicted octanol–water partition coefficient (Wildman–Crippen LogP) is 5.68. The smallest absolute Gasteiger partial charge is 0.244 e. The molecule has 0 spiro atoms. The van der Waals surface area contributed by atoms with Crippen molar-refractivity contribution in [2.45, 2.75) is 39.0 Å². The van der Waals surface area contributed by atoms with Crippen molar-refractivity contribution in [3.8, 4) is 33.9 Å². The van der Waals surface area contributed by atoms with Crippen LogP contribution in [0.2, 0.25) is 0 Å². The molecule has 4 aromatic rings. The van der Waals surface area contributed by atoms with E-state index in [9.17, 15) is 9.59 Å². The van der Waals surface area contributed by atoms with Crippen molar-refractivity contribution in [2.24, 2.45) is 0 Å². The van der Waals surface area contributed by atoms with Crippen LogP contribution in [0.5, 0.6) is 0 Å². The van der Waals surface area contributed by atoms with Crippen LogP contribution in [0.1, 0.15) is 31.7 Å². The topological polar surface area (TPSA) is 85.2 Å². The number of imidazole rings is 1. The van der Waals surface area contributed by atoms with E-state index < -0.39 is 6.04 Å². The van der Waals surface area contributed by atoms with Crippen molar-refractivity contribution in [1.29, 1.82) is 0 Å². The standard InChI is InChI=1S/C33H34N4O3/c1-2-40-23-37-31(26-13-7-4-8-14-26)30(25-11-5-3-6-12-25)36-32(37)27-19-16-24(17-20-27)18-21-29(38)35-28-15-9-10-22-34-33(28)39/h3-8,11-14,16-21,28H,2,9-10,15,22-23H2,1H3,(H,34,39)(H,35,38)/b21-18+. The highest BCUT2D eigenvalue weighted by atomic mass is 16.5. The number of hydrogen-bond donors (Lipinski definition) is 2. The summed E-state index contributed by atoms with van der Waals surface area (Å²) in [5.74, 6) is 0.410. The fourth-order valence-electron chi connectivity index (χ4n) is 4.88. The van der Waals surface area contributed by atoms with Gasteiger partial charge in [-0.2, -0.15) is 0 Å². The molecule has 0 aliphatic carbocycles. The van der Waals surface area contributed by atoms with Crippen LogP contribution in [0.4, 0.5) is 0 Å². The first-order valence-corrected chi connectivity index (χ1v) is 13.8. The molecule has 1 fully saturated rings. The number of aromatic nitrogens is 2. The predicted molar refractivity (Wildman–Crippen MR) is 158 cm³/mol. The molecule has 7 heteroatoms. The lowest BCUT2D eigenvalue weighted by atomic mass is 10.0. The molecule has 204 valence electrons. The maximum atomic E-state index is 12.5. The summed E-state index contributed by atoms with van der Waals surface area (Å²) >= 11 is 0. The Kier molecular flexibility index (Phi) is 8.83. The Balaban J connectivity index is 1.44. The largest absolute Gasteiger partial charge is 0.361 e. The van der Waals surface area contributed by atoms with Crippen molar-refractivity contribution >= 4 is 17.9 Å². The summed E-state index contributed by atoms with van der Waals surface area (Å²) in [5.41, 5.74) is 5.80. The second kappa shape index (κ2) is 13.0. The van der Waals surface area contributed by atoms with Gasteiger partial charge in [-0.1, -0.05) is 84.9 Å². The van der Waals surface area contributed by atoms with E-state index in [1.807, 2.05) is 67.6 Å². The third-order valence-corrected chi connectivity index (χ3v) is 6.93. The number of benzene rings is 3. The number of carbonyl (C=O) groups is 2. The van der Waals surface area contributed by atoms with Crippen LogP contribution in [0.25, 0.3) is 40.0 Å². The molecular weight excluding hydrogens is 500 g/mol. The molecule has 2 N–H and O–H groups in total. The molecule has 2 heterocycles. The van der Waals surface area contributed by atoms with E-state index in [1.54, 1.807) is 6.08 Å². The number of ether oxygens (including phenoxy) is 1. The second-order valence-corrected chi connectivity index (χ2v) is 9.72. The normalized spacial score (nSPS) is 15.5. The Bertz CT molecular complexity index is 1460. The van der Waals surface area contributed by atoms with E-state index in [0.717, 1.165) is 52.3 Å². The summed E-state index contributed by atoms with van der Waals surface area (Å²) < 4.78 is 8.02. The van der Waals surface area contributed by atoms with Gasteiger partial charge in [0.05, 0.1) is 11.4 Å². The van der Waals surface area contributed by atoms with Crippen molar-refractivity contribution < 1.29 is 14.3 Å². The lowest BCUT2D eigenvalue weighted by Gasteiger charge is -2.14. The summed E-state index contributed by atoms with van der Waals surface area (Å²) in [6.45, 7) is 3.60. The lowest BCUT2D eigenvalue weighted by molar-refractivity contribution is -0.126. The minimum absolute atomic E-state index is 0.115. The first-order valence-electron chi connectivity index (χ1n) is 13.8. The van der Waals surface area contributed by atoms with Crippen LogP contribution in [-0.4, -0.2) is 40.6 Å². The van der Waals surface area contributed by atoms with E-state index in [-0.39, 0.29) is 11.8 Å². The summed E-state index contributed by atoms with van der Waals surface area (Å²) in [4.78, 5) is 29.7. The van der Waals surface area contributed by atoms with Crippen molar-refractivity contribution in [3.05, 3.63) is 96.6 Å². The number of rotatable bonds is 9. The van der Waals surface area contributed by atoms with Crippen LogP contribution in [0, 0.1) is 0 Å². The van der Waals surface area contributed by atoms with E-state index in [4.69, 9.17) is 9.72 Å². The Hall–Kier alpha value is -4.49. The second-order valence-electron chi connectivity index (χ2n) is 9.72. The monoisotopic (exact) mass is 534 g/mol. The van der Waals surface area contributed by atoms with Crippen LogP contribution in [0.15, 0.2) is 91.0 Å². The number of carbonyl (C=O) groups excluding carboxylic acids is 2. The summed E-state index contributed by atoms with van der Waals surface area (Å²) in [5, 5.41) is 5.66. The zero-order chi connectivity index (χ0) is 27.7. The fraction of sp³-hybridized carbons (Fsp3) is 0.242. The van der Waals surface area contributed by atoms with E-state index in [2.05, 4.69) is 39.5 Å². The average molecular weight is 535 g/mol. The minimum Gasteiger partial charge on any atom is -0.361 e. The van der Waals surface area contributed by atoms with Crippen LogP contribution in [0.3, 0.4) is 0 Å². The van der Waals surface area contributed by atoms with Gasteiger partial charge in [0.25, 0.3) is 0 Å². The number of nitrogens with one attached hydrogen (secondary N) is 2. The summed E-state index contributed by atoms with van der Waals surface area (Å²) in [6, 6.07) is 27.9. The molecule has 5 rings (SSSR count). The first-order chi connectivity index (χ1) is 19.6. The van der Waals surface area contributed by atoms with E-state index in [1.165, 1.54) is 6.08 Å². The molecular formula is C33H34N4O3. The number of nitrogens with zero attached hydrogens (tertiary/aromatic N) is 2. The van der Waals surface area contributed by atoms with Crippen molar-refractivity contribution in [1.82, 2.24) is 20.2 Å². The Morgan fingerprint density at radius 3 is 2.38 bits per heavy atom. The third-order valence-electron chi connectivity index (χ3n) is 6.93. The fourth-order valence-corrected chi connectivity index (χ4v) is 4.88. The molecule has 0 bridgehead atoms. The van der Waals surface area contributed by atoms with E-state index in [0.29, 0.717) is 26.3 Å². The minimum atomic E-state index is -0.483. The summed E-state index contributed by atoms with van der Waals surface area (Å²) in [7, 11) is 0. The van der Waals surface area contributed by atoms with Gasteiger partial charge in [-0.15, -0.1) is 0 Å². The van der Waals surface area contributed by atoms with Crippen LogP contribution < -0.4 is 10.6 Å². The molecule has 1 aromatic heterocycles. The Morgan fingerprint density at radius 2 is 1.68 bits per heavy atom.